The zero-order valence-electron chi connectivity index (χ0n) is 3.59. The van der Waals surface area contributed by atoms with E-state index in [2.05, 4.69) is 10.9 Å². The number of aromatic nitrogens is 1. The molecule has 0 atom stereocenters. The molecular weight excluding hydrogens is 106 g/mol. The van der Waals surface area contributed by atoms with E-state index in [0.29, 0.717) is 0 Å². The van der Waals surface area contributed by atoms with Crippen LogP contribution in [-0.4, -0.2) is 4.98 Å². The van der Waals surface area contributed by atoms with Crippen molar-refractivity contribution in [2.45, 2.75) is 0 Å². The van der Waals surface area contributed by atoms with Gasteiger partial charge in [0.2, 0.25) is 0 Å². The molecule has 2 heteroatoms. The molecule has 0 saturated heterocycles. The van der Waals surface area contributed by atoms with Crippen molar-refractivity contribution in [2.75, 3.05) is 0 Å². The van der Waals surface area contributed by atoms with Gasteiger partial charge in [-0.15, -0.1) is 17.8 Å². The number of hydrogen-bond donors (Lipinski definition) is 0. The molecule has 1 aromatic heterocycles. The van der Waals surface area contributed by atoms with Gasteiger partial charge in [-0.25, -0.2) is 4.98 Å². The maximum absolute atomic E-state index is 4.99. The summed E-state index contributed by atoms with van der Waals surface area (Å²) < 4.78 is 0. The van der Waals surface area contributed by atoms with Crippen LogP contribution < -0.4 is 0 Å². The van der Waals surface area contributed by atoms with Crippen molar-refractivity contribution in [3.63, 3.8) is 0 Å². The fourth-order valence-electron chi connectivity index (χ4n) is 0.284. The molecule has 0 aliphatic carbocycles. The monoisotopic (exact) mass is 109 g/mol. The van der Waals surface area contributed by atoms with Crippen LogP contribution in [0.2, 0.25) is 0 Å². The maximum atomic E-state index is 4.99. The molecule has 0 aromatic carbocycles. The van der Waals surface area contributed by atoms with Crippen LogP contribution in [0.25, 0.3) is 0 Å². The molecule has 0 saturated carbocycles. The first kappa shape index (κ1) is 4.35. The molecule has 0 spiro atoms. The average Bonchev–Trinajstić information content (AvgIpc) is 2.14. The van der Waals surface area contributed by atoms with Gasteiger partial charge < -0.3 is 0 Å². The summed E-state index contributed by atoms with van der Waals surface area (Å²) in [4.78, 5) is 3.82. The first-order chi connectivity index (χ1) is 3.43. The lowest BCUT2D eigenvalue weighted by molar-refractivity contribution is 1.38. The Morgan fingerprint density at radius 1 is 1.86 bits per heavy atom. The number of terminal acetylenes is 1. The van der Waals surface area contributed by atoms with Crippen molar-refractivity contribution < 1.29 is 0 Å². The van der Waals surface area contributed by atoms with Crippen molar-refractivity contribution in [1.29, 1.82) is 0 Å². The molecule has 34 valence electrons. The summed E-state index contributed by atoms with van der Waals surface area (Å²) in [7, 11) is 0. The molecule has 0 fully saturated rings. The lowest BCUT2D eigenvalue weighted by Gasteiger charge is -1.65. The molecule has 0 aliphatic rings. The van der Waals surface area contributed by atoms with Crippen molar-refractivity contribution in [3.05, 3.63) is 16.6 Å². The van der Waals surface area contributed by atoms with Crippen LogP contribution in [0.4, 0.5) is 0 Å². The van der Waals surface area contributed by atoms with Crippen LogP contribution in [-0.2, 0) is 0 Å². The lowest BCUT2D eigenvalue weighted by Crippen LogP contribution is -1.64. The summed E-state index contributed by atoms with van der Waals surface area (Å²) in [5.41, 5.74) is 2.44. The van der Waals surface area contributed by atoms with Crippen molar-refractivity contribution in [2.24, 2.45) is 0 Å². The molecule has 1 aromatic rings. The van der Waals surface area contributed by atoms with E-state index in [1.807, 2.05) is 5.38 Å². The first-order valence-corrected chi connectivity index (χ1v) is 2.72. The smallest absolute Gasteiger partial charge is 0.123 e. The topological polar surface area (TPSA) is 12.9 Å². The standard InChI is InChI=1S/C5H3NS/c1-2-5-3-7-4-6-5/h1,3-4H. The van der Waals surface area contributed by atoms with E-state index in [0.717, 1.165) is 5.69 Å². The van der Waals surface area contributed by atoms with Crippen molar-refractivity contribution in [1.82, 2.24) is 4.98 Å². The maximum Gasteiger partial charge on any atom is 0.123 e. The lowest BCUT2D eigenvalue weighted by atomic mass is 10.5. The van der Waals surface area contributed by atoms with E-state index < -0.39 is 0 Å². The SMILES string of the molecule is C#Cc1cscn1. The third-order valence-corrected chi connectivity index (χ3v) is 1.17. The predicted molar refractivity (Wildman–Crippen MR) is 30.0 cm³/mol. The minimum absolute atomic E-state index is 0.727. The van der Waals surface area contributed by atoms with Crippen LogP contribution in [0.15, 0.2) is 10.9 Å². The van der Waals surface area contributed by atoms with Gasteiger partial charge >= 0.3 is 0 Å². The quantitative estimate of drug-likeness (QED) is 0.455. The molecule has 0 N–H and O–H groups in total. The van der Waals surface area contributed by atoms with Crippen molar-refractivity contribution in [3.8, 4) is 12.3 Å². The Bertz CT molecular complexity index is 170. The summed E-state index contributed by atoms with van der Waals surface area (Å²) >= 11 is 1.51. The molecular formula is C5H3NS. The molecule has 0 unspecified atom stereocenters. The highest BCUT2D eigenvalue weighted by molar-refractivity contribution is 7.07. The Morgan fingerprint density at radius 3 is 3.00 bits per heavy atom. The van der Waals surface area contributed by atoms with E-state index >= 15 is 0 Å². The molecule has 1 rings (SSSR count). The Morgan fingerprint density at radius 2 is 2.71 bits per heavy atom. The number of nitrogens with zero attached hydrogens (tertiary/aromatic N) is 1. The molecule has 0 aliphatic heterocycles. The van der Waals surface area contributed by atoms with Gasteiger partial charge in [0, 0.05) is 5.38 Å². The van der Waals surface area contributed by atoms with E-state index in [1.54, 1.807) is 5.51 Å². The van der Waals surface area contributed by atoms with Gasteiger partial charge in [-0.3, -0.25) is 0 Å². The van der Waals surface area contributed by atoms with Crippen LogP contribution in [0.1, 0.15) is 5.69 Å². The Labute approximate surface area is 46.0 Å². The summed E-state index contributed by atoms with van der Waals surface area (Å²) in [6.07, 6.45) is 4.99. The second-order valence-corrected chi connectivity index (χ2v) is 1.74. The van der Waals surface area contributed by atoms with Gasteiger partial charge in [-0.2, -0.15) is 0 Å². The number of hydrogen-bond acceptors (Lipinski definition) is 2. The average molecular weight is 109 g/mol. The Hall–Kier alpha value is -0.810. The summed E-state index contributed by atoms with van der Waals surface area (Å²) in [6, 6.07) is 0. The van der Waals surface area contributed by atoms with E-state index in [-0.39, 0.29) is 0 Å². The van der Waals surface area contributed by atoms with E-state index in [9.17, 15) is 0 Å². The van der Waals surface area contributed by atoms with Gasteiger partial charge in [-0.1, -0.05) is 0 Å². The summed E-state index contributed by atoms with van der Waals surface area (Å²) in [5.74, 6) is 2.41. The predicted octanol–water partition coefficient (Wildman–Crippen LogP) is 1.12. The fraction of sp³-hybridized carbons (Fsp3) is 0. The van der Waals surface area contributed by atoms with Crippen molar-refractivity contribution >= 4 is 11.3 Å². The third kappa shape index (κ3) is 0.787. The Kier molecular flexibility index (Phi) is 1.10. The summed E-state index contributed by atoms with van der Waals surface area (Å²) in [6.45, 7) is 0. The zero-order chi connectivity index (χ0) is 5.11. The highest BCUT2D eigenvalue weighted by Crippen LogP contribution is 1.96. The molecule has 1 nitrogen and oxygen atoms in total. The highest BCUT2D eigenvalue weighted by atomic mass is 32.1. The number of thiazole rings is 1. The van der Waals surface area contributed by atoms with Crippen LogP contribution >= 0.6 is 11.3 Å². The van der Waals surface area contributed by atoms with Crippen LogP contribution in [0, 0.1) is 12.3 Å². The van der Waals surface area contributed by atoms with E-state index in [1.165, 1.54) is 11.3 Å². The number of rotatable bonds is 0. The van der Waals surface area contributed by atoms with Gasteiger partial charge in [0.1, 0.15) is 5.69 Å². The molecule has 0 radical (unpaired) electrons. The minimum atomic E-state index is 0.727. The molecule has 0 amide bonds. The van der Waals surface area contributed by atoms with Gasteiger partial charge in [0.15, 0.2) is 0 Å². The van der Waals surface area contributed by atoms with Gasteiger partial charge in [0.05, 0.1) is 5.51 Å². The van der Waals surface area contributed by atoms with Gasteiger partial charge in [-0.05, 0) is 5.92 Å². The molecule has 0 bridgehead atoms. The normalized spacial score (nSPS) is 7.86. The Balaban J connectivity index is 3.04. The third-order valence-electron chi connectivity index (χ3n) is 0.580. The van der Waals surface area contributed by atoms with Crippen LogP contribution in [0.5, 0.6) is 0 Å². The van der Waals surface area contributed by atoms with E-state index in [4.69, 9.17) is 6.42 Å². The fourth-order valence-corrected chi connectivity index (χ4v) is 0.777. The van der Waals surface area contributed by atoms with Crippen LogP contribution in [0.3, 0.4) is 0 Å². The molecule has 1 heterocycles. The minimum Gasteiger partial charge on any atom is -0.236 e. The largest absolute Gasteiger partial charge is 0.236 e. The highest BCUT2D eigenvalue weighted by Gasteiger charge is 1.80. The molecule has 7 heavy (non-hydrogen) atoms. The second kappa shape index (κ2) is 1.76. The van der Waals surface area contributed by atoms with Gasteiger partial charge in [0.25, 0.3) is 0 Å². The summed E-state index contributed by atoms with van der Waals surface area (Å²) in [5, 5.41) is 1.83. The second-order valence-electron chi connectivity index (χ2n) is 1.02. The first-order valence-electron chi connectivity index (χ1n) is 1.78. The zero-order valence-corrected chi connectivity index (χ0v) is 4.40.